The quantitative estimate of drug-likeness (QED) is 0.750. The summed E-state index contributed by atoms with van der Waals surface area (Å²) in [6.45, 7) is 8.28. The molecule has 3 rings (SSSR count). The number of hydrogen-bond acceptors (Lipinski definition) is 4. The van der Waals surface area contributed by atoms with Crippen LogP contribution < -0.4 is 5.32 Å². The summed E-state index contributed by atoms with van der Waals surface area (Å²) in [5.74, 6) is -0.191. The number of carbonyl (C=O) groups excluding carboxylic acids is 1. The van der Waals surface area contributed by atoms with Gasteiger partial charge in [0.15, 0.2) is 0 Å². The van der Waals surface area contributed by atoms with Crippen LogP contribution in [0.15, 0.2) is 31.0 Å². The molecule has 3 aromatic heterocycles. The smallest absolute Gasteiger partial charge is 0.258 e. The standard InChI is InChI=1S/C16H21N7O/c1-4-21-10-14(7-17-21)16(24)20-15-8-18-22(11-15)9-13-6-19-23(5-2)12(13)3/h6-8,10-11H,4-5,9H2,1-3H3,(H,20,24). The van der Waals surface area contributed by atoms with Crippen molar-refractivity contribution in [3.05, 3.63) is 47.8 Å². The first kappa shape index (κ1) is 16.0. The van der Waals surface area contributed by atoms with Gasteiger partial charge in [-0.1, -0.05) is 0 Å². The van der Waals surface area contributed by atoms with E-state index >= 15 is 0 Å². The number of carbonyl (C=O) groups is 1. The van der Waals surface area contributed by atoms with Gasteiger partial charge in [0, 0.05) is 36.7 Å². The van der Waals surface area contributed by atoms with E-state index in [1.54, 1.807) is 28.0 Å². The molecule has 0 aromatic carbocycles. The molecule has 1 amide bonds. The first-order chi connectivity index (χ1) is 11.6. The van der Waals surface area contributed by atoms with E-state index in [1.807, 2.05) is 30.9 Å². The van der Waals surface area contributed by atoms with Gasteiger partial charge < -0.3 is 5.32 Å². The van der Waals surface area contributed by atoms with Gasteiger partial charge >= 0.3 is 0 Å². The van der Waals surface area contributed by atoms with Gasteiger partial charge in [-0.2, -0.15) is 15.3 Å². The molecule has 1 N–H and O–H groups in total. The van der Waals surface area contributed by atoms with Crippen LogP contribution in [0, 0.1) is 6.92 Å². The van der Waals surface area contributed by atoms with Crippen LogP contribution in [0.2, 0.25) is 0 Å². The molecule has 8 heteroatoms. The Hall–Kier alpha value is -2.90. The molecule has 3 heterocycles. The van der Waals surface area contributed by atoms with Crippen molar-refractivity contribution in [2.24, 2.45) is 0 Å². The Kier molecular flexibility index (Phi) is 4.45. The van der Waals surface area contributed by atoms with Crippen LogP contribution in [0.25, 0.3) is 0 Å². The molecule has 126 valence electrons. The van der Waals surface area contributed by atoms with Crippen LogP contribution in [0.1, 0.15) is 35.5 Å². The summed E-state index contributed by atoms with van der Waals surface area (Å²) in [6.07, 6.45) is 8.60. The minimum atomic E-state index is -0.191. The van der Waals surface area contributed by atoms with Crippen LogP contribution >= 0.6 is 0 Å². The lowest BCUT2D eigenvalue weighted by atomic mass is 10.2. The summed E-state index contributed by atoms with van der Waals surface area (Å²) in [5, 5.41) is 15.6. The molecule has 0 spiro atoms. The van der Waals surface area contributed by atoms with Crippen LogP contribution in [0.4, 0.5) is 5.69 Å². The summed E-state index contributed by atoms with van der Waals surface area (Å²) in [4.78, 5) is 12.2. The predicted molar refractivity (Wildman–Crippen MR) is 89.8 cm³/mol. The fourth-order valence-corrected chi connectivity index (χ4v) is 2.51. The van der Waals surface area contributed by atoms with Crippen LogP contribution in [-0.4, -0.2) is 35.2 Å². The van der Waals surface area contributed by atoms with E-state index in [4.69, 9.17) is 0 Å². The molecule has 24 heavy (non-hydrogen) atoms. The molecule has 0 aliphatic heterocycles. The highest BCUT2D eigenvalue weighted by molar-refractivity contribution is 6.03. The SMILES string of the molecule is CCn1cc(C(=O)Nc2cnn(Cc3cnn(CC)c3C)c2)cn1. The summed E-state index contributed by atoms with van der Waals surface area (Å²) in [7, 11) is 0. The third-order valence-corrected chi connectivity index (χ3v) is 3.95. The van der Waals surface area contributed by atoms with Gasteiger partial charge in [-0.05, 0) is 20.8 Å². The van der Waals surface area contributed by atoms with E-state index < -0.39 is 0 Å². The molecule has 8 nitrogen and oxygen atoms in total. The molecule has 0 bridgehead atoms. The zero-order valence-electron chi connectivity index (χ0n) is 14.1. The number of anilines is 1. The molecule has 0 unspecified atom stereocenters. The maximum Gasteiger partial charge on any atom is 0.258 e. The van der Waals surface area contributed by atoms with Crippen molar-refractivity contribution in [2.75, 3.05) is 5.32 Å². The largest absolute Gasteiger partial charge is 0.319 e. The van der Waals surface area contributed by atoms with Gasteiger partial charge in [0.2, 0.25) is 0 Å². The average molecular weight is 327 g/mol. The third kappa shape index (κ3) is 3.22. The van der Waals surface area contributed by atoms with Gasteiger partial charge in [0.05, 0.1) is 36.4 Å². The molecule has 0 aliphatic carbocycles. The monoisotopic (exact) mass is 327 g/mol. The molecule has 0 fully saturated rings. The lowest BCUT2D eigenvalue weighted by molar-refractivity contribution is 0.102. The second kappa shape index (κ2) is 6.69. The number of aryl methyl sites for hydroxylation is 2. The normalized spacial score (nSPS) is 11.0. The molecule has 0 saturated carbocycles. The Morgan fingerprint density at radius 2 is 1.83 bits per heavy atom. The second-order valence-corrected chi connectivity index (χ2v) is 5.54. The molecule has 0 aliphatic rings. The van der Waals surface area contributed by atoms with Crippen molar-refractivity contribution in [1.29, 1.82) is 0 Å². The number of amides is 1. The van der Waals surface area contributed by atoms with E-state index in [0.717, 1.165) is 24.3 Å². The van der Waals surface area contributed by atoms with E-state index in [2.05, 4.69) is 27.5 Å². The maximum atomic E-state index is 12.2. The third-order valence-electron chi connectivity index (χ3n) is 3.95. The van der Waals surface area contributed by atoms with Gasteiger partial charge in [-0.15, -0.1) is 0 Å². The van der Waals surface area contributed by atoms with Crippen molar-refractivity contribution in [3.8, 4) is 0 Å². The van der Waals surface area contributed by atoms with Crippen molar-refractivity contribution in [2.45, 2.75) is 40.4 Å². The molecule has 0 atom stereocenters. The first-order valence-corrected chi connectivity index (χ1v) is 7.98. The topological polar surface area (TPSA) is 82.6 Å². The summed E-state index contributed by atoms with van der Waals surface area (Å²) in [6, 6.07) is 0. The Balaban J connectivity index is 1.66. The Morgan fingerprint density at radius 3 is 2.50 bits per heavy atom. The highest BCUT2D eigenvalue weighted by atomic mass is 16.1. The van der Waals surface area contributed by atoms with E-state index in [0.29, 0.717) is 17.8 Å². The van der Waals surface area contributed by atoms with Crippen molar-refractivity contribution in [1.82, 2.24) is 29.3 Å². The summed E-state index contributed by atoms with van der Waals surface area (Å²) >= 11 is 0. The minimum Gasteiger partial charge on any atom is -0.319 e. The zero-order valence-corrected chi connectivity index (χ0v) is 14.1. The lowest BCUT2D eigenvalue weighted by Crippen LogP contribution is -2.10. The van der Waals surface area contributed by atoms with E-state index in [-0.39, 0.29) is 5.91 Å². The van der Waals surface area contributed by atoms with Crippen LogP contribution in [-0.2, 0) is 19.6 Å². The Labute approximate surface area is 140 Å². The van der Waals surface area contributed by atoms with Gasteiger partial charge in [0.25, 0.3) is 5.91 Å². The number of aromatic nitrogens is 6. The van der Waals surface area contributed by atoms with Gasteiger partial charge in [-0.3, -0.25) is 18.8 Å². The summed E-state index contributed by atoms with van der Waals surface area (Å²) in [5.41, 5.74) is 3.43. The fraction of sp³-hybridized carbons (Fsp3) is 0.375. The zero-order chi connectivity index (χ0) is 17.1. The maximum absolute atomic E-state index is 12.2. The fourth-order valence-electron chi connectivity index (χ4n) is 2.51. The minimum absolute atomic E-state index is 0.191. The lowest BCUT2D eigenvalue weighted by Gasteiger charge is -2.03. The molecule has 3 aromatic rings. The molecule has 0 radical (unpaired) electrons. The molecule has 0 saturated heterocycles. The highest BCUT2D eigenvalue weighted by Gasteiger charge is 2.11. The van der Waals surface area contributed by atoms with Crippen molar-refractivity contribution < 1.29 is 4.79 Å². The number of nitrogens with one attached hydrogen (secondary N) is 1. The van der Waals surface area contributed by atoms with E-state index in [1.165, 1.54) is 0 Å². The highest BCUT2D eigenvalue weighted by Crippen LogP contribution is 2.12. The first-order valence-electron chi connectivity index (χ1n) is 7.98. The van der Waals surface area contributed by atoms with Crippen molar-refractivity contribution >= 4 is 11.6 Å². The average Bonchev–Trinajstić information content (AvgIpc) is 3.29. The second-order valence-electron chi connectivity index (χ2n) is 5.54. The van der Waals surface area contributed by atoms with Crippen molar-refractivity contribution in [3.63, 3.8) is 0 Å². The molecular weight excluding hydrogens is 306 g/mol. The number of rotatable bonds is 6. The molecular formula is C16H21N7O. The van der Waals surface area contributed by atoms with Gasteiger partial charge in [0.1, 0.15) is 0 Å². The number of nitrogens with zero attached hydrogens (tertiary/aromatic N) is 6. The van der Waals surface area contributed by atoms with Crippen LogP contribution in [0.5, 0.6) is 0 Å². The Bertz CT molecular complexity index is 842. The summed E-state index contributed by atoms with van der Waals surface area (Å²) < 4.78 is 5.45. The van der Waals surface area contributed by atoms with E-state index in [9.17, 15) is 4.79 Å². The predicted octanol–water partition coefficient (Wildman–Crippen LogP) is 1.92. The number of hydrogen-bond donors (Lipinski definition) is 1. The van der Waals surface area contributed by atoms with Gasteiger partial charge in [-0.25, -0.2) is 0 Å². The Morgan fingerprint density at radius 1 is 1.04 bits per heavy atom. The van der Waals surface area contributed by atoms with Crippen LogP contribution in [0.3, 0.4) is 0 Å².